The number of rotatable bonds is 4. The normalized spacial score (nSPS) is 11.5. The molecule has 3 rings (SSSR count). The molecule has 0 aliphatic rings. The number of halogens is 3. The van der Waals surface area contributed by atoms with Gasteiger partial charge in [-0.15, -0.1) is 5.10 Å². The first-order valence-corrected chi connectivity index (χ1v) is 7.23. The zero-order valence-corrected chi connectivity index (χ0v) is 12.9. The van der Waals surface area contributed by atoms with E-state index in [2.05, 4.69) is 5.10 Å². The van der Waals surface area contributed by atoms with E-state index in [-0.39, 0.29) is 23.7 Å². The first-order valence-electron chi connectivity index (χ1n) is 7.23. The minimum Gasteiger partial charge on any atom is -0.388 e. The van der Waals surface area contributed by atoms with Crippen LogP contribution < -0.4 is 5.76 Å². The molecule has 0 fully saturated rings. The zero-order valence-electron chi connectivity index (χ0n) is 12.9. The molecule has 0 saturated carbocycles. The summed E-state index contributed by atoms with van der Waals surface area (Å²) >= 11 is 0. The summed E-state index contributed by atoms with van der Waals surface area (Å²) in [5.74, 6) is -0.937. The molecule has 0 aliphatic carbocycles. The highest BCUT2D eigenvalue weighted by Crippen LogP contribution is 2.29. The zero-order chi connectivity index (χ0) is 18.9. The van der Waals surface area contributed by atoms with Gasteiger partial charge in [-0.05, 0) is 29.8 Å². The number of hydrogen-bond donors (Lipinski definition) is 0. The molecule has 0 N–H and O–H groups in total. The second kappa shape index (κ2) is 6.47. The Labute approximate surface area is 143 Å². The topological polar surface area (TPSA) is 91.2 Å². The number of nitrogens with zero attached hydrogens (tertiary/aromatic N) is 3. The van der Waals surface area contributed by atoms with E-state index in [0.717, 1.165) is 16.8 Å². The smallest absolute Gasteiger partial charge is 0.388 e. The second-order valence-corrected chi connectivity index (χ2v) is 5.33. The van der Waals surface area contributed by atoms with Gasteiger partial charge in [-0.25, -0.2) is 4.79 Å². The van der Waals surface area contributed by atoms with E-state index in [1.807, 2.05) is 0 Å². The molecule has 0 saturated heterocycles. The summed E-state index contributed by atoms with van der Waals surface area (Å²) in [6, 6.07) is 9.69. The monoisotopic (exact) mass is 365 g/mol. The van der Waals surface area contributed by atoms with E-state index in [1.54, 1.807) is 0 Å². The molecular weight excluding hydrogens is 355 g/mol. The molecule has 7 nitrogen and oxygen atoms in total. The van der Waals surface area contributed by atoms with Crippen LogP contribution in [0.3, 0.4) is 0 Å². The molecule has 0 radical (unpaired) electrons. The van der Waals surface area contributed by atoms with Crippen molar-refractivity contribution in [3.63, 3.8) is 0 Å². The van der Waals surface area contributed by atoms with Crippen LogP contribution in [0, 0.1) is 10.1 Å². The Hall–Kier alpha value is -3.43. The summed E-state index contributed by atoms with van der Waals surface area (Å²) in [7, 11) is 0. The average Bonchev–Trinajstić information content (AvgIpc) is 2.95. The van der Waals surface area contributed by atoms with Crippen LogP contribution in [0.1, 0.15) is 11.1 Å². The lowest BCUT2D eigenvalue weighted by atomic mass is 10.1. The van der Waals surface area contributed by atoms with Crippen molar-refractivity contribution in [2.75, 3.05) is 0 Å². The number of nitro groups is 1. The minimum absolute atomic E-state index is 0.0862. The lowest BCUT2D eigenvalue weighted by Gasteiger charge is -2.08. The van der Waals surface area contributed by atoms with Gasteiger partial charge in [-0.2, -0.15) is 17.9 Å². The third-order valence-corrected chi connectivity index (χ3v) is 3.52. The molecule has 0 spiro atoms. The largest absolute Gasteiger partial charge is 0.437 e. The third-order valence-electron chi connectivity index (χ3n) is 3.52. The van der Waals surface area contributed by atoms with Crippen LogP contribution in [-0.4, -0.2) is 14.7 Å². The molecule has 0 atom stereocenters. The van der Waals surface area contributed by atoms with Crippen molar-refractivity contribution in [1.29, 1.82) is 0 Å². The highest BCUT2D eigenvalue weighted by molar-refractivity contribution is 5.55. The van der Waals surface area contributed by atoms with Gasteiger partial charge in [0.25, 0.3) is 5.69 Å². The van der Waals surface area contributed by atoms with Gasteiger partial charge in [-0.3, -0.25) is 10.1 Å². The first kappa shape index (κ1) is 17.4. The molecule has 1 heterocycles. The summed E-state index contributed by atoms with van der Waals surface area (Å²) in [6.45, 7) is -0.209. The highest BCUT2D eigenvalue weighted by atomic mass is 19.4. The van der Waals surface area contributed by atoms with Crippen LogP contribution >= 0.6 is 0 Å². The molecule has 0 aliphatic heterocycles. The number of non-ortho nitro benzene ring substituents is 1. The van der Waals surface area contributed by atoms with Gasteiger partial charge in [0.2, 0.25) is 5.89 Å². The second-order valence-electron chi connectivity index (χ2n) is 5.33. The maximum Gasteiger partial charge on any atom is 0.437 e. The molecule has 26 heavy (non-hydrogen) atoms. The van der Waals surface area contributed by atoms with Crippen LogP contribution in [0.2, 0.25) is 0 Å². The van der Waals surface area contributed by atoms with Crippen molar-refractivity contribution in [1.82, 2.24) is 9.78 Å². The Morgan fingerprint density at radius 2 is 1.85 bits per heavy atom. The summed E-state index contributed by atoms with van der Waals surface area (Å²) in [4.78, 5) is 21.9. The van der Waals surface area contributed by atoms with Crippen molar-refractivity contribution in [3.8, 4) is 11.5 Å². The number of alkyl halides is 3. The Bertz CT molecular complexity index is 1010. The number of hydrogen-bond acceptors (Lipinski definition) is 5. The van der Waals surface area contributed by atoms with Crippen LogP contribution in [0.25, 0.3) is 11.5 Å². The van der Waals surface area contributed by atoms with E-state index < -0.39 is 22.4 Å². The Morgan fingerprint density at radius 1 is 1.15 bits per heavy atom. The lowest BCUT2D eigenvalue weighted by molar-refractivity contribution is -0.384. The van der Waals surface area contributed by atoms with E-state index in [9.17, 15) is 28.1 Å². The average molecular weight is 365 g/mol. The van der Waals surface area contributed by atoms with Gasteiger partial charge in [0.15, 0.2) is 0 Å². The molecule has 0 amide bonds. The quantitative estimate of drug-likeness (QED) is 0.521. The van der Waals surface area contributed by atoms with Crippen LogP contribution in [0.4, 0.5) is 18.9 Å². The van der Waals surface area contributed by atoms with Gasteiger partial charge in [0, 0.05) is 17.7 Å². The maximum atomic E-state index is 12.8. The Kier molecular flexibility index (Phi) is 4.33. The number of aromatic nitrogens is 2. The fraction of sp³-hybridized carbons (Fsp3) is 0.125. The van der Waals surface area contributed by atoms with Crippen LogP contribution in [0.5, 0.6) is 0 Å². The van der Waals surface area contributed by atoms with Crippen LogP contribution in [-0.2, 0) is 12.7 Å². The first-order chi connectivity index (χ1) is 12.2. The summed E-state index contributed by atoms with van der Waals surface area (Å²) in [6.07, 6.45) is -4.49. The molecule has 10 heteroatoms. The van der Waals surface area contributed by atoms with E-state index in [0.29, 0.717) is 5.56 Å². The lowest BCUT2D eigenvalue weighted by Crippen LogP contribution is -2.17. The fourth-order valence-electron chi connectivity index (χ4n) is 2.27. The van der Waals surface area contributed by atoms with E-state index >= 15 is 0 Å². The summed E-state index contributed by atoms with van der Waals surface area (Å²) < 4.78 is 44.1. The third kappa shape index (κ3) is 3.63. The molecule has 0 bridgehead atoms. The molecule has 2 aromatic carbocycles. The van der Waals surface area contributed by atoms with Crippen molar-refractivity contribution < 1.29 is 22.5 Å². The molecule has 0 unspecified atom stereocenters. The summed E-state index contributed by atoms with van der Waals surface area (Å²) in [5.41, 5.74) is -0.414. The minimum atomic E-state index is -4.49. The van der Waals surface area contributed by atoms with Gasteiger partial charge in [0.05, 0.1) is 17.0 Å². The molecular formula is C16H10F3N3O4. The number of nitro benzene ring substituents is 1. The fourth-order valence-corrected chi connectivity index (χ4v) is 2.27. The molecule has 1 aromatic heterocycles. The number of benzene rings is 2. The predicted octanol–water partition coefficient (Wildman–Crippen LogP) is 3.48. The van der Waals surface area contributed by atoms with Crippen molar-refractivity contribution in [3.05, 3.63) is 80.3 Å². The molecule has 134 valence electrons. The van der Waals surface area contributed by atoms with Crippen molar-refractivity contribution in [2.24, 2.45) is 0 Å². The summed E-state index contributed by atoms with van der Waals surface area (Å²) in [5, 5.41) is 14.6. The highest BCUT2D eigenvalue weighted by Gasteiger charge is 2.30. The van der Waals surface area contributed by atoms with Crippen molar-refractivity contribution >= 4 is 5.69 Å². The Balaban J connectivity index is 1.87. The standard InChI is InChI=1S/C16H10F3N3O4/c17-16(18,19)12-3-1-2-10(8-12)9-21-15(23)26-14(20-21)11-4-6-13(7-5-11)22(24)25/h1-8H,9H2. The van der Waals surface area contributed by atoms with E-state index in [4.69, 9.17) is 4.42 Å². The maximum absolute atomic E-state index is 12.8. The SMILES string of the molecule is O=c1oc(-c2ccc([N+](=O)[O-])cc2)nn1Cc1cccc(C(F)(F)F)c1. The van der Waals surface area contributed by atoms with E-state index in [1.165, 1.54) is 36.4 Å². The predicted molar refractivity (Wildman–Crippen MR) is 83.4 cm³/mol. The Morgan fingerprint density at radius 3 is 2.46 bits per heavy atom. The van der Waals surface area contributed by atoms with Gasteiger partial charge in [0.1, 0.15) is 0 Å². The van der Waals surface area contributed by atoms with Crippen LogP contribution in [0.15, 0.2) is 57.7 Å². The van der Waals surface area contributed by atoms with Crippen molar-refractivity contribution in [2.45, 2.75) is 12.7 Å². The van der Waals surface area contributed by atoms with Gasteiger partial charge in [-0.1, -0.05) is 12.1 Å². The van der Waals surface area contributed by atoms with Gasteiger partial charge < -0.3 is 4.42 Å². The molecule has 3 aromatic rings. The van der Waals surface area contributed by atoms with Gasteiger partial charge >= 0.3 is 11.9 Å².